The molecule has 0 fully saturated rings. The maximum absolute atomic E-state index is 10.9. The molecule has 68 valence electrons. The van der Waals surface area contributed by atoms with Crippen LogP contribution in [-0.2, 0) is 11.3 Å². The lowest BCUT2D eigenvalue weighted by molar-refractivity contribution is 0.185. The van der Waals surface area contributed by atoms with Gasteiger partial charge in [0.2, 0.25) is 0 Å². The van der Waals surface area contributed by atoms with Crippen LogP contribution in [0.25, 0.3) is 11.0 Å². The highest BCUT2D eigenvalue weighted by atomic mass is 16.5. The fraction of sp³-hybridized carbons (Fsp3) is 0.222. The molecule has 1 aromatic heterocycles. The second-order valence-corrected chi connectivity index (χ2v) is 2.89. The minimum absolute atomic E-state index is 0.176. The average Bonchev–Trinajstić information content (AvgIpc) is 2.44. The van der Waals surface area contributed by atoms with Gasteiger partial charge in [-0.1, -0.05) is 6.07 Å². The first-order valence-electron chi connectivity index (χ1n) is 3.99. The molecule has 2 rings (SSSR count). The van der Waals surface area contributed by atoms with E-state index in [1.807, 2.05) is 18.2 Å². The summed E-state index contributed by atoms with van der Waals surface area (Å²) in [5.41, 5.74) is 2.51. The highest BCUT2D eigenvalue weighted by Gasteiger charge is 1.98. The van der Waals surface area contributed by atoms with Crippen molar-refractivity contribution in [3.63, 3.8) is 0 Å². The van der Waals surface area contributed by atoms with Crippen molar-refractivity contribution in [3.05, 3.63) is 34.2 Å². The summed E-state index contributed by atoms with van der Waals surface area (Å²) in [6.07, 6.45) is 0. The fourth-order valence-electron chi connectivity index (χ4n) is 1.34. The first kappa shape index (κ1) is 8.07. The molecule has 1 aromatic carbocycles. The molecule has 0 aliphatic carbocycles. The Kier molecular flexibility index (Phi) is 1.90. The molecule has 2 N–H and O–H groups in total. The molecular weight excluding hydrogens is 168 g/mol. The molecule has 0 spiro atoms. The topological polar surface area (TPSA) is 57.9 Å². The summed E-state index contributed by atoms with van der Waals surface area (Å²) in [7, 11) is 1.64. The van der Waals surface area contributed by atoms with Gasteiger partial charge in [0.15, 0.2) is 0 Å². The average molecular weight is 178 g/mol. The molecule has 0 saturated carbocycles. The molecule has 0 aliphatic heterocycles. The summed E-state index contributed by atoms with van der Waals surface area (Å²) in [4.78, 5) is 16.3. The zero-order valence-corrected chi connectivity index (χ0v) is 7.26. The van der Waals surface area contributed by atoms with Crippen LogP contribution in [0.2, 0.25) is 0 Å². The van der Waals surface area contributed by atoms with E-state index in [-0.39, 0.29) is 5.69 Å². The van der Waals surface area contributed by atoms with Crippen LogP contribution in [0.1, 0.15) is 5.56 Å². The molecular formula is C9H10N2O2. The van der Waals surface area contributed by atoms with E-state index in [0.29, 0.717) is 6.61 Å². The number of ether oxygens (including phenoxy) is 1. The number of aromatic amines is 2. The molecule has 0 saturated heterocycles. The zero-order valence-electron chi connectivity index (χ0n) is 7.26. The van der Waals surface area contributed by atoms with Crippen molar-refractivity contribution < 1.29 is 4.74 Å². The number of aromatic nitrogens is 2. The maximum atomic E-state index is 10.9. The largest absolute Gasteiger partial charge is 0.380 e. The summed E-state index contributed by atoms with van der Waals surface area (Å²) in [5, 5.41) is 0. The standard InChI is InChI=1S/C9H10N2O2/c1-13-5-6-2-3-7-8(4-6)11-9(12)10-7/h2-4H,5H2,1H3,(H2,10,11,12). The second kappa shape index (κ2) is 3.06. The van der Waals surface area contributed by atoms with E-state index in [9.17, 15) is 4.79 Å². The molecule has 4 nitrogen and oxygen atoms in total. The Hall–Kier alpha value is -1.55. The SMILES string of the molecule is COCc1ccc2[nH]c(=O)[nH]c2c1. The maximum Gasteiger partial charge on any atom is 0.323 e. The molecule has 0 bridgehead atoms. The van der Waals surface area contributed by atoms with Gasteiger partial charge in [0, 0.05) is 7.11 Å². The number of benzene rings is 1. The minimum Gasteiger partial charge on any atom is -0.380 e. The van der Waals surface area contributed by atoms with E-state index < -0.39 is 0 Å². The molecule has 2 aromatic rings. The summed E-state index contributed by atoms with van der Waals surface area (Å²) in [6.45, 7) is 0.559. The van der Waals surface area contributed by atoms with Crippen molar-refractivity contribution in [3.8, 4) is 0 Å². The van der Waals surface area contributed by atoms with E-state index in [0.717, 1.165) is 16.6 Å². The van der Waals surface area contributed by atoms with E-state index in [4.69, 9.17) is 4.74 Å². The van der Waals surface area contributed by atoms with Crippen LogP contribution in [0.5, 0.6) is 0 Å². The number of methoxy groups -OCH3 is 1. The summed E-state index contributed by atoms with van der Waals surface area (Å²) < 4.78 is 4.98. The van der Waals surface area contributed by atoms with Crippen molar-refractivity contribution >= 4 is 11.0 Å². The highest BCUT2D eigenvalue weighted by Crippen LogP contribution is 2.10. The van der Waals surface area contributed by atoms with Gasteiger partial charge in [-0.2, -0.15) is 0 Å². The minimum atomic E-state index is -0.176. The van der Waals surface area contributed by atoms with Gasteiger partial charge in [-0.05, 0) is 17.7 Å². The monoisotopic (exact) mass is 178 g/mol. The number of rotatable bonds is 2. The van der Waals surface area contributed by atoms with Crippen LogP contribution < -0.4 is 5.69 Å². The van der Waals surface area contributed by atoms with Gasteiger partial charge in [0.1, 0.15) is 0 Å². The Bertz CT molecular complexity index is 470. The van der Waals surface area contributed by atoms with E-state index >= 15 is 0 Å². The van der Waals surface area contributed by atoms with Gasteiger partial charge < -0.3 is 14.7 Å². The number of H-pyrrole nitrogens is 2. The van der Waals surface area contributed by atoms with Gasteiger partial charge in [0.05, 0.1) is 17.6 Å². The smallest absolute Gasteiger partial charge is 0.323 e. The molecule has 0 radical (unpaired) electrons. The molecule has 0 atom stereocenters. The highest BCUT2D eigenvalue weighted by molar-refractivity contribution is 5.74. The Morgan fingerprint density at radius 1 is 1.31 bits per heavy atom. The second-order valence-electron chi connectivity index (χ2n) is 2.89. The quantitative estimate of drug-likeness (QED) is 0.720. The van der Waals surface area contributed by atoms with Crippen molar-refractivity contribution in [1.82, 2.24) is 9.97 Å². The van der Waals surface area contributed by atoms with E-state index in [2.05, 4.69) is 9.97 Å². The van der Waals surface area contributed by atoms with Crippen LogP contribution in [0.3, 0.4) is 0 Å². The molecule has 13 heavy (non-hydrogen) atoms. The Labute approximate surface area is 74.5 Å². The number of hydrogen-bond acceptors (Lipinski definition) is 2. The third-order valence-electron chi connectivity index (χ3n) is 1.89. The third-order valence-corrected chi connectivity index (χ3v) is 1.89. The van der Waals surface area contributed by atoms with Crippen molar-refractivity contribution in [2.45, 2.75) is 6.61 Å². The molecule has 4 heteroatoms. The normalized spacial score (nSPS) is 10.8. The molecule has 0 amide bonds. The van der Waals surface area contributed by atoms with Crippen LogP contribution >= 0.6 is 0 Å². The van der Waals surface area contributed by atoms with E-state index in [1.165, 1.54) is 0 Å². The third kappa shape index (κ3) is 1.48. The van der Waals surface area contributed by atoms with Gasteiger partial charge in [-0.3, -0.25) is 0 Å². The number of nitrogens with one attached hydrogen (secondary N) is 2. The Balaban J connectivity index is 2.54. The van der Waals surface area contributed by atoms with Crippen LogP contribution in [0, 0.1) is 0 Å². The molecule has 0 aliphatic rings. The van der Waals surface area contributed by atoms with Crippen molar-refractivity contribution in [2.24, 2.45) is 0 Å². The van der Waals surface area contributed by atoms with Gasteiger partial charge in [-0.25, -0.2) is 4.79 Å². The van der Waals surface area contributed by atoms with E-state index in [1.54, 1.807) is 7.11 Å². The first-order valence-corrected chi connectivity index (χ1v) is 3.99. The molecule has 0 unspecified atom stereocenters. The zero-order chi connectivity index (χ0) is 9.26. The van der Waals surface area contributed by atoms with Gasteiger partial charge in [-0.15, -0.1) is 0 Å². The predicted octanol–water partition coefficient (Wildman–Crippen LogP) is 1.00. The predicted molar refractivity (Wildman–Crippen MR) is 49.6 cm³/mol. The number of fused-ring (bicyclic) bond motifs is 1. The van der Waals surface area contributed by atoms with Crippen LogP contribution in [0.4, 0.5) is 0 Å². The van der Waals surface area contributed by atoms with Gasteiger partial charge in [0.25, 0.3) is 0 Å². The number of imidazole rings is 1. The van der Waals surface area contributed by atoms with Crippen LogP contribution in [0.15, 0.2) is 23.0 Å². The van der Waals surface area contributed by atoms with Gasteiger partial charge >= 0.3 is 5.69 Å². The Morgan fingerprint density at radius 3 is 2.85 bits per heavy atom. The summed E-state index contributed by atoms with van der Waals surface area (Å²) in [6, 6.07) is 5.69. The number of hydrogen-bond donors (Lipinski definition) is 2. The lowest BCUT2D eigenvalue weighted by atomic mass is 10.2. The lowest BCUT2D eigenvalue weighted by Gasteiger charge is -1.97. The first-order chi connectivity index (χ1) is 6.29. The fourth-order valence-corrected chi connectivity index (χ4v) is 1.34. The Morgan fingerprint density at radius 2 is 2.08 bits per heavy atom. The summed E-state index contributed by atoms with van der Waals surface area (Å²) in [5.74, 6) is 0. The van der Waals surface area contributed by atoms with Crippen molar-refractivity contribution in [2.75, 3.05) is 7.11 Å². The summed E-state index contributed by atoms with van der Waals surface area (Å²) >= 11 is 0. The molecule has 1 heterocycles. The van der Waals surface area contributed by atoms with Crippen molar-refractivity contribution in [1.29, 1.82) is 0 Å². The van der Waals surface area contributed by atoms with Crippen LogP contribution in [-0.4, -0.2) is 17.1 Å². The lowest BCUT2D eigenvalue weighted by Crippen LogP contribution is -1.99.